The van der Waals surface area contributed by atoms with Crippen LogP contribution in [0.2, 0.25) is 0 Å². The number of likely N-dealkylation sites (tertiary alicyclic amines) is 1. The maximum absolute atomic E-state index is 12.9. The first-order valence-electron chi connectivity index (χ1n) is 9.26. The molecule has 8 heteroatoms. The van der Waals surface area contributed by atoms with Gasteiger partial charge in [-0.3, -0.25) is 4.79 Å². The summed E-state index contributed by atoms with van der Waals surface area (Å²) in [6, 6.07) is 6.90. The second kappa shape index (κ2) is 6.92. The largest absolute Gasteiger partial charge is 0.337 e. The molecule has 1 N–H and O–H groups in total. The molecule has 0 radical (unpaired) electrons. The standard InChI is InChI=1S/C18H26N4O3S/c1-20-7-9-22(10-8-20)26(24,25)16-4-2-3-14(11-16)18(23)21-12-15-5-6-19-17(15)13-21/h2-4,11,15,17,19H,5-10,12-13H2,1H3/t15-,17+/m0/s1. The van der Waals surface area contributed by atoms with Crippen LogP contribution >= 0.6 is 0 Å². The van der Waals surface area contributed by atoms with Crippen LogP contribution in [0.3, 0.4) is 0 Å². The van der Waals surface area contributed by atoms with Crippen LogP contribution in [0.5, 0.6) is 0 Å². The molecule has 1 aromatic carbocycles. The average molecular weight is 378 g/mol. The lowest BCUT2D eigenvalue weighted by atomic mass is 10.1. The minimum Gasteiger partial charge on any atom is -0.337 e. The Morgan fingerprint density at radius 2 is 1.92 bits per heavy atom. The van der Waals surface area contributed by atoms with Gasteiger partial charge in [0.1, 0.15) is 0 Å². The Morgan fingerprint density at radius 3 is 2.65 bits per heavy atom. The molecule has 1 aromatic rings. The number of hydrogen-bond acceptors (Lipinski definition) is 5. The minimum absolute atomic E-state index is 0.0726. The molecule has 7 nitrogen and oxygen atoms in total. The molecule has 0 spiro atoms. The lowest BCUT2D eigenvalue weighted by Gasteiger charge is -2.31. The molecule has 3 saturated heterocycles. The van der Waals surface area contributed by atoms with Crippen molar-refractivity contribution in [3.8, 4) is 0 Å². The quantitative estimate of drug-likeness (QED) is 0.805. The van der Waals surface area contributed by atoms with Gasteiger partial charge < -0.3 is 15.1 Å². The van der Waals surface area contributed by atoms with Crippen LogP contribution in [0.25, 0.3) is 0 Å². The van der Waals surface area contributed by atoms with E-state index in [1.807, 2.05) is 11.9 Å². The lowest BCUT2D eigenvalue weighted by molar-refractivity contribution is 0.0782. The molecule has 0 unspecified atom stereocenters. The lowest BCUT2D eigenvalue weighted by Crippen LogP contribution is -2.47. The highest BCUT2D eigenvalue weighted by Crippen LogP contribution is 2.26. The maximum atomic E-state index is 12.9. The maximum Gasteiger partial charge on any atom is 0.253 e. The van der Waals surface area contributed by atoms with Gasteiger partial charge in [-0.15, -0.1) is 0 Å². The second-order valence-corrected chi connectivity index (χ2v) is 9.49. The molecule has 0 aliphatic carbocycles. The van der Waals surface area contributed by atoms with Gasteiger partial charge >= 0.3 is 0 Å². The zero-order valence-electron chi connectivity index (χ0n) is 15.1. The number of rotatable bonds is 3. The van der Waals surface area contributed by atoms with Gasteiger partial charge in [0.15, 0.2) is 0 Å². The number of sulfonamides is 1. The molecule has 142 valence electrons. The number of likely N-dealkylation sites (N-methyl/N-ethyl adjacent to an activating group) is 1. The van der Waals surface area contributed by atoms with Gasteiger partial charge in [-0.1, -0.05) is 6.07 Å². The van der Waals surface area contributed by atoms with Crippen molar-refractivity contribution < 1.29 is 13.2 Å². The summed E-state index contributed by atoms with van der Waals surface area (Å²) in [5, 5.41) is 3.44. The Labute approximate surface area is 155 Å². The van der Waals surface area contributed by atoms with E-state index in [0.29, 0.717) is 37.2 Å². The molecule has 4 rings (SSSR count). The predicted molar refractivity (Wildman–Crippen MR) is 98.5 cm³/mol. The van der Waals surface area contributed by atoms with E-state index in [1.54, 1.807) is 18.2 Å². The fraction of sp³-hybridized carbons (Fsp3) is 0.611. The Bertz CT molecular complexity index is 777. The van der Waals surface area contributed by atoms with Crippen molar-refractivity contribution in [1.29, 1.82) is 0 Å². The van der Waals surface area contributed by atoms with Crippen LogP contribution in [0.4, 0.5) is 0 Å². The van der Waals surface area contributed by atoms with E-state index in [9.17, 15) is 13.2 Å². The van der Waals surface area contributed by atoms with Crippen LogP contribution in [0.1, 0.15) is 16.8 Å². The summed E-state index contributed by atoms with van der Waals surface area (Å²) in [5.41, 5.74) is 0.458. The number of nitrogens with zero attached hydrogens (tertiary/aromatic N) is 3. The van der Waals surface area contributed by atoms with Gasteiger partial charge in [0.05, 0.1) is 4.90 Å². The highest BCUT2D eigenvalue weighted by atomic mass is 32.2. The summed E-state index contributed by atoms with van der Waals surface area (Å²) in [7, 11) is -1.57. The molecular weight excluding hydrogens is 352 g/mol. The van der Waals surface area contributed by atoms with E-state index in [1.165, 1.54) is 10.4 Å². The van der Waals surface area contributed by atoms with Gasteiger partial charge in [-0.25, -0.2) is 8.42 Å². The Kier molecular flexibility index (Phi) is 4.77. The number of benzene rings is 1. The summed E-state index contributed by atoms with van der Waals surface area (Å²) >= 11 is 0. The molecule has 3 heterocycles. The van der Waals surface area contributed by atoms with Crippen molar-refractivity contribution in [2.24, 2.45) is 5.92 Å². The predicted octanol–water partition coefficient (Wildman–Crippen LogP) is 0.0566. The van der Waals surface area contributed by atoms with E-state index in [0.717, 1.165) is 32.6 Å². The molecule has 3 aliphatic rings. The molecule has 3 aliphatic heterocycles. The summed E-state index contributed by atoms with van der Waals surface area (Å²) < 4.78 is 27.4. The Morgan fingerprint density at radius 1 is 1.15 bits per heavy atom. The molecule has 0 aromatic heterocycles. The van der Waals surface area contributed by atoms with Crippen LogP contribution in [0, 0.1) is 5.92 Å². The molecule has 1 amide bonds. The summed E-state index contributed by atoms with van der Waals surface area (Å²) in [4.78, 5) is 17.0. The SMILES string of the molecule is CN1CCN(S(=O)(=O)c2cccc(C(=O)N3C[C@@H]4CCN[C@@H]4C3)c2)CC1. The third-order valence-corrected chi connectivity index (χ3v) is 7.73. The van der Waals surface area contributed by atoms with E-state index in [2.05, 4.69) is 10.2 Å². The zero-order valence-corrected chi connectivity index (χ0v) is 15.9. The molecule has 2 atom stereocenters. The fourth-order valence-electron chi connectivity index (χ4n) is 4.16. The van der Waals surface area contributed by atoms with Gasteiger partial charge in [-0.05, 0) is 44.1 Å². The van der Waals surface area contributed by atoms with E-state index >= 15 is 0 Å². The number of carbonyl (C=O) groups excluding carboxylic acids is 1. The van der Waals surface area contributed by atoms with Gasteiger partial charge in [0.2, 0.25) is 10.0 Å². The summed E-state index contributed by atoms with van der Waals surface area (Å²) in [6.45, 7) is 4.90. The van der Waals surface area contributed by atoms with Crippen molar-refractivity contribution >= 4 is 15.9 Å². The van der Waals surface area contributed by atoms with Crippen molar-refractivity contribution in [1.82, 2.24) is 19.4 Å². The van der Waals surface area contributed by atoms with Crippen LogP contribution in [0.15, 0.2) is 29.2 Å². The first kappa shape index (κ1) is 17.9. The van der Waals surface area contributed by atoms with Crippen molar-refractivity contribution in [2.75, 3.05) is 52.9 Å². The van der Waals surface area contributed by atoms with Crippen LogP contribution in [-0.4, -0.2) is 87.3 Å². The topological polar surface area (TPSA) is 73.0 Å². The van der Waals surface area contributed by atoms with Gasteiger partial charge in [0, 0.05) is 50.9 Å². The normalized spacial score (nSPS) is 27.7. The third-order valence-electron chi connectivity index (χ3n) is 5.83. The van der Waals surface area contributed by atoms with E-state index < -0.39 is 10.0 Å². The summed E-state index contributed by atoms with van der Waals surface area (Å²) in [5.74, 6) is 0.452. The molecular formula is C18H26N4O3S. The monoisotopic (exact) mass is 378 g/mol. The number of carbonyl (C=O) groups is 1. The second-order valence-electron chi connectivity index (χ2n) is 7.55. The zero-order chi connectivity index (χ0) is 18.3. The highest BCUT2D eigenvalue weighted by molar-refractivity contribution is 7.89. The number of amides is 1. The van der Waals surface area contributed by atoms with Crippen LogP contribution < -0.4 is 5.32 Å². The van der Waals surface area contributed by atoms with E-state index in [4.69, 9.17) is 0 Å². The van der Waals surface area contributed by atoms with Crippen LogP contribution in [-0.2, 0) is 10.0 Å². The molecule has 26 heavy (non-hydrogen) atoms. The summed E-state index contributed by atoms with van der Waals surface area (Å²) in [6.07, 6.45) is 1.10. The smallest absolute Gasteiger partial charge is 0.253 e. The fourth-order valence-corrected chi connectivity index (χ4v) is 5.63. The van der Waals surface area contributed by atoms with Crippen molar-refractivity contribution in [3.05, 3.63) is 29.8 Å². The molecule has 0 saturated carbocycles. The highest BCUT2D eigenvalue weighted by Gasteiger charge is 2.38. The van der Waals surface area contributed by atoms with Gasteiger partial charge in [0.25, 0.3) is 5.91 Å². The first-order valence-corrected chi connectivity index (χ1v) is 10.7. The third kappa shape index (κ3) is 3.26. The molecule has 0 bridgehead atoms. The van der Waals surface area contributed by atoms with Crippen molar-refractivity contribution in [3.63, 3.8) is 0 Å². The van der Waals surface area contributed by atoms with Gasteiger partial charge in [-0.2, -0.15) is 4.31 Å². The first-order chi connectivity index (χ1) is 12.4. The number of nitrogens with one attached hydrogen (secondary N) is 1. The Balaban J connectivity index is 1.52. The molecule has 3 fully saturated rings. The van der Waals surface area contributed by atoms with Crippen molar-refractivity contribution in [2.45, 2.75) is 17.4 Å². The van der Waals surface area contributed by atoms with E-state index in [-0.39, 0.29) is 10.8 Å². The number of hydrogen-bond donors (Lipinski definition) is 1. The number of fused-ring (bicyclic) bond motifs is 1. The number of piperazine rings is 1. The minimum atomic E-state index is -3.56. The average Bonchev–Trinajstić information content (AvgIpc) is 3.23. The Hall–Kier alpha value is -1.48.